The Kier molecular flexibility index (Phi) is 3.33. The van der Waals surface area contributed by atoms with Crippen LogP contribution in [-0.2, 0) is 9.53 Å². The van der Waals surface area contributed by atoms with E-state index in [1.54, 1.807) is 16.4 Å². The number of hydrogen-bond acceptors (Lipinski definition) is 3. The SMILES string of the molecule is COCCN1C(=O)C(C)(C)N(Cl)C1(C)C. The van der Waals surface area contributed by atoms with E-state index in [4.69, 9.17) is 16.5 Å². The molecular formula is C10H19ClN2O2. The van der Waals surface area contributed by atoms with Gasteiger partial charge in [0, 0.05) is 13.7 Å². The molecule has 1 amide bonds. The first-order chi connectivity index (χ1) is 6.76. The zero-order chi connectivity index (χ0) is 11.9. The average Bonchev–Trinajstić information content (AvgIpc) is 2.25. The van der Waals surface area contributed by atoms with E-state index < -0.39 is 11.2 Å². The first kappa shape index (κ1) is 12.7. The molecule has 0 unspecified atom stereocenters. The topological polar surface area (TPSA) is 32.8 Å². The van der Waals surface area contributed by atoms with Gasteiger partial charge in [-0.25, -0.2) is 0 Å². The van der Waals surface area contributed by atoms with Gasteiger partial charge in [0.2, 0.25) is 5.91 Å². The van der Waals surface area contributed by atoms with Crippen molar-refractivity contribution >= 4 is 17.7 Å². The summed E-state index contributed by atoms with van der Waals surface area (Å²) in [6, 6.07) is 0. The van der Waals surface area contributed by atoms with Gasteiger partial charge in [0.05, 0.1) is 6.61 Å². The monoisotopic (exact) mass is 234 g/mol. The maximum Gasteiger partial charge on any atom is 0.245 e. The number of rotatable bonds is 3. The second-order valence-electron chi connectivity index (χ2n) is 4.78. The van der Waals surface area contributed by atoms with Gasteiger partial charge < -0.3 is 9.64 Å². The molecule has 1 saturated heterocycles. The predicted molar refractivity (Wildman–Crippen MR) is 59.4 cm³/mol. The third kappa shape index (κ3) is 1.86. The molecule has 15 heavy (non-hydrogen) atoms. The van der Waals surface area contributed by atoms with Gasteiger partial charge in [-0.3, -0.25) is 4.79 Å². The van der Waals surface area contributed by atoms with Crippen LogP contribution in [0.3, 0.4) is 0 Å². The zero-order valence-corrected chi connectivity index (χ0v) is 10.8. The molecule has 0 atom stereocenters. The molecule has 1 aliphatic rings. The Morgan fingerprint density at radius 3 is 2.20 bits per heavy atom. The highest BCUT2D eigenvalue weighted by Gasteiger charge is 2.55. The van der Waals surface area contributed by atoms with Crippen LogP contribution in [0.5, 0.6) is 0 Å². The molecule has 0 saturated carbocycles. The molecule has 0 bridgehead atoms. The molecule has 0 aliphatic carbocycles. The Hall–Kier alpha value is -0.320. The van der Waals surface area contributed by atoms with Crippen molar-refractivity contribution in [2.45, 2.75) is 38.9 Å². The van der Waals surface area contributed by atoms with E-state index in [-0.39, 0.29) is 5.91 Å². The second-order valence-corrected chi connectivity index (χ2v) is 5.12. The van der Waals surface area contributed by atoms with E-state index >= 15 is 0 Å². The van der Waals surface area contributed by atoms with E-state index in [1.165, 1.54) is 0 Å². The minimum atomic E-state index is -0.654. The number of amides is 1. The molecule has 0 aromatic carbocycles. The smallest absolute Gasteiger partial charge is 0.245 e. The predicted octanol–water partition coefficient (Wildman–Crippen LogP) is 1.45. The maximum absolute atomic E-state index is 12.1. The summed E-state index contributed by atoms with van der Waals surface area (Å²) in [6.45, 7) is 8.61. The molecule has 0 radical (unpaired) electrons. The first-order valence-corrected chi connectivity index (χ1v) is 5.37. The summed E-state index contributed by atoms with van der Waals surface area (Å²) in [4.78, 5) is 13.9. The lowest BCUT2D eigenvalue weighted by Crippen LogP contribution is -2.47. The molecule has 1 rings (SSSR count). The third-order valence-corrected chi connectivity index (χ3v) is 3.76. The van der Waals surface area contributed by atoms with Gasteiger partial charge in [-0.2, -0.15) is 4.42 Å². The van der Waals surface area contributed by atoms with Gasteiger partial charge in [-0.05, 0) is 39.5 Å². The van der Waals surface area contributed by atoms with Crippen LogP contribution in [0.15, 0.2) is 0 Å². The molecule has 88 valence electrons. The van der Waals surface area contributed by atoms with Crippen molar-refractivity contribution in [3.8, 4) is 0 Å². The van der Waals surface area contributed by atoms with Crippen molar-refractivity contribution in [3.63, 3.8) is 0 Å². The van der Waals surface area contributed by atoms with Crippen molar-refractivity contribution in [2.75, 3.05) is 20.3 Å². The van der Waals surface area contributed by atoms with Crippen LogP contribution in [0.2, 0.25) is 0 Å². The van der Waals surface area contributed by atoms with Crippen molar-refractivity contribution < 1.29 is 9.53 Å². The molecule has 0 spiro atoms. The summed E-state index contributed by atoms with van der Waals surface area (Å²) in [5.41, 5.74) is -1.13. The minimum absolute atomic E-state index is 0.0413. The van der Waals surface area contributed by atoms with Gasteiger partial charge in [-0.1, -0.05) is 0 Å². The summed E-state index contributed by atoms with van der Waals surface area (Å²) >= 11 is 6.19. The van der Waals surface area contributed by atoms with E-state index in [2.05, 4.69) is 0 Å². The van der Waals surface area contributed by atoms with Crippen LogP contribution in [-0.4, -0.2) is 46.7 Å². The number of carbonyl (C=O) groups excluding carboxylic acids is 1. The van der Waals surface area contributed by atoms with E-state index in [1.807, 2.05) is 27.7 Å². The van der Waals surface area contributed by atoms with Crippen LogP contribution < -0.4 is 0 Å². The highest BCUT2D eigenvalue weighted by Crippen LogP contribution is 2.39. The van der Waals surface area contributed by atoms with E-state index in [0.29, 0.717) is 13.2 Å². The van der Waals surface area contributed by atoms with Crippen molar-refractivity contribution in [3.05, 3.63) is 0 Å². The number of carbonyl (C=O) groups is 1. The fourth-order valence-electron chi connectivity index (χ4n) is 2.01. The molecule has 5 heteroatoms. The molecule has 0 N–H and O–H groups in total. The fraction of sp³-hybridized carbons (Fsp3) is 0.900. The molecule has 0 aromatic heterocycles. The number of ether oxygens (including phenoxy) is 1. The summed E-state index contributed by atoms with van der Waals surface area (Å²) in [5, 5.41) is 0. The van der Waals surface area contributed by atoms with Crippen LogP contribution in [0, 0.1) is 0 Å². The summed E-state index contributed by atoms with van der Waals surface area (Å²) < 4.78 is 6.57. The third-order valence-electron chi connectivity index (χ3n) is 2.92. The van der Waals surface area contributed by atoms with Gasteiger partial charge in [0.1, 0.15) is 11.2 Å². The maximum atomic E-state index is 12.1. The van der Waals surface area contributed by atoms with E-state index in [0.717, 1.165) is 0 Å². The zero-order valence-electron chi connectivity index (χ0n) is 10.0. The molecule has 1 fully saturated rings. The summed E-state index contributed by atoms with van der Waals surface area (Å²) in [5.74, 6) is 0.0413. The highest BCUT2D eigenvalue weighted by molar-refractivity contribution is 6.17. The van der Waals surface area contributed by atoms with Crippen molar-refractivity contribution in [1.82, 2.24) is 9.32 Å². The van der Waals surface area contributed by atoms with Gasteiger partial charge in [-0.15, -0.1) is 0 Å². The van der Waals surface area contributed by atoms with Crippen molar-refractivity contribution in [1.29, 1.82) is 0 Å². The largest absolute Gasteiger partial charge is 0.383 e. The average molecular weight is 235 g/mol. The standard InChI is InChI=1S/C10H19ClN2O2/c1-9(2)8(14)12(6-7-15-5)10(3,4)13(9)11/h6-7H2,1-5H3. The van der Waals surface area contributed by atoms with Gasteiger partial charge in [0.25, 0.3) is 0 Å². The Morgan fingerprint density at radius 1 is 1.33 bits per heavy atom. The number of hydrogen-bond donors (Lipinski definition) is 0. The quantitative estimate of drug-likeness (QED) is 0.693. The molecular weight excluding hydrogens is 216 g/mol. The summed E-state index contributed by atoms with van der Waals surface area (Å²) in [7, 11) is 1.62. The molecule has 1 heterocycles. The second kappa shape index (κ2) is 3.92. The number of halogens is 1. The van der Waals surface area contributed by atoms with Crippen LogP contribution in [0.1, 0.15) is 27.7 Å². The van der Waals surface area contributed by atoms with Crippen molar-refractivity contribution in [2.24, 2.45) is 0 Å². The van der Waals surface area contributed by atoms with Crippen LogP contribution >= 0.6 is 11.8 Å². The molecule has 0 aromatic rings. The van der Waals surface area contributed by atoms with Crippen LogP contribution in [0.25, 0.3) is 0 Å². The highest BCUT2D eigenvalue weighted by atomic mass is 35.5. The fourth-order valence-corrected chi connectivity index (χ4v) is 2.17. The number of methoxy groups -OCH3 is 1. The minimum Gasteiger partial charge on any atom is -0.383 e. The lowest BCUT2D eigenvalue weighted by molar-refractivity contribution is -0.134. The Labute approximate surface area is 96.2 Å². The summed E-state index contributed by atoms with van der Waals surface area (Å²) in [6.07, 6.45) is 0. The first-order valence-electron chi connectivity index (χ1n) is 5.03. The Morgan fingerprint density at radius 2 is 1.87 bits per heavy atom. The Balaban J connectivity index is 2.92. The van der Waals surface area contributed by atoms with Crippen LogP contribution in [0.4, 0.5) is 0 Å². The lowest BCUT2D eigenvalue weighted by atomic mass is 10.1. The number of nitrogens with zero attached hydrogens (tertiary/aromatic N) is 2. The Bertz CT molecular complexity index is 266. The van der Waals surface area contributed by atoms with E-state index in [9.17, 15) is 4.79 Å². The lowest BCUT2D eigenvalue weighted by Gasteiger charge is -2.35. The van der Waals surface area contributed by atoms with Gasteiger partial charge in [0.15, 0.2) is 0 Å². The van der Waals surface area contributed by atoms with Gasteiger partial charge >= 0.3 is 0 Å². The molecule has 4 nitrogen and oxygen atoms in total. The molecule has 1 aliphatic heterocycles. The normalized spacial score (nSPS) is 24.9.